The summed E-state index contributed by atoms with van der Waals surface area (Å²) < 4.78 is 0. The van der Waals surface area contributed by atoms with Crippen molar-refractivity contribution in [3.63, 3.8) is 0 Å². The average molecular weight is 337 g/mol. The van der Waals surface area contributed by atoms with Crippen LogP contribution in [0, 0.1) is 5.92 Å². The minimum Gasteiger partial charge on any atom is -0.361 e. The monoisotopic (exact) mass is 337 g/mol. The predicted molar refractivity (Wildman–Crippen MR) is 89.9 cm³/mol. The van der Waals surface area contributed by atoms with Gasteiger partial charge in [-0.25, -0.2) is 4.98 Å². The Morgan fingerprint density at radius 3 is 2.86 bits per heavy atom. The molecule has 6 nitrogen and oxygen atoms in total. The van der Waals surface area contributed by atoms with Gasteiger partial charge in [0.05, 0.1) is 0 Å². The third kappa shape index (κ3) is 3.61. The lowest BCUT2D eigenvalue weighted by molar-refractivity contribution is 0.102. The van der Waals surface area contributed by atoms with Gasteiger partial charge in [-0.1, -0.05) is 31.6 Å². The number of hydrogen-bond donors (Lipinski definition) is 2. The Hall–Kier alpha value is -1.54. The number of aromatic nitrogens is 3. The fraction of sp³-hybridized carbons (Fsp3) is 0.571. The van der Waals surface area contributed by atoms with E-state index < -0.39 is 0 Å². The highest BCUT2D eigenvalue weighted by molar-refractivity contribution is 7.15. The number of nitrogens with zero attached hydrogens (tertiary/aromatic N) is 3. The molecule has 1 amide bonds. The van der Waals surface area contributed by atoms with E-state index in [4.69, 9.17) is 0 Å². The Morgan fingerprint density at radius 1 is 1.36 bits per heavy atom. The third-order valence-corrected chi connectivity index (χ3v) is 5.32. The first kappa shape index (κ1) is 15.4. The quantitative estimate of drug-likeness (QED) is 0.842. The van der Waals surface area contributed by atoms with Crippen LogP contribution in [-0.4, -0.2) is 27.6 Å². The van der Waals surface area contributed by atoms with E-state index in [2.05, 4.69) is 39.7 Å². The van der Waals surface area contributed by atoms with Crippen molar-refractivity contribution in [2.45, 2.75) is 39.0 Å². The number of rotatable bonds is 6. The van der Waals surface area contributed by atoms with E-state index >= 15 is 0 Å². The second-order valence-electron chi connectivity index (χ2n) is 5.84. The summed E-state index contributed by atoms with van der Waals surface area (Å²) in [7, 11) is 0. The van der Waals surface area contributed by atoms with Crippen LogP contribution in [0.5, 0.6) is 0 Å². The molecule has 1 saturated carbocycles. The van der Waals surface area contributed by atoms with E-state index in [1.54, 1.807) is 5.38 Å². The van der Waals surface area contributed by atoms with Crippen molar-refractivity contribution in [3.8, 4) is 0 Å². The maximum Gasteiger partial charge on any atom is 0.277 e. The molecule has 2 N–H and O–H groups in total. The van der Waals surface area contributed by atoms with Crippen molar-refractivity contribution in [1.29, 1.82) is 0 Å². The number of nitrogens with one attached hydrogen (secondary N) is 2. The summed E-state index contributed by atoms with van der Waals surface area (Å²) in [5, 5.41) is 18.3. The summed E-state index contributed by atoms with van der Waals surface area (Å²) in [6, 6.07) is 0. The zero-order chi connectivity index (χ0) is 15.5. The second-order valence-corrected chi connectivity index (χ2v) is 7.71. The fourth-order valence-corrected chi connectivity index (χ4v) is 3.63. The Balaban J connectivity index is 1.58. The van der Waals surface area contributed by atoms with Crippen molar-refractivity contribution in [3.05, 3.63) is 16.1 Å². The van der Waals surface area contributed by atoms with E-state index in [1.165, 1.54) is 41.9 Å². The lowest BCUT2D eigenvalue weighted by Gasteiger charge is -2.21. The Kier molecular flexibility index (Phi) is 4.68. The van der Waals surface area contributed by atoms with Crippen LogP contribution in [0.2, 0.25) is 0 Å². The highest BCUT2D eigenvalue weighted by Gasteiger charge is 2.24. The van der Waals surface area contributed by atoms with Crippen LogP contribution >= 0.6 is 22.7 Å². The van der Waals surface area contributed by atoms with E-state index in [0.29, 0.717) is 22.7 Å². The fourth-order valence-electron chi connectivity index (χ4n) is 2.02. The van der Waals surface area contributed by atoms with Gasteiger partial charge in [0, 0.05) is 17.8 Å². The molecule has 8 heteroatoms. The zero-order valence-electron chi connectivity index (χ0n) is 12.6. The Bertz CT molecular complexity index is 647. The van der Waals surface area contributed by atoms with Crippen LogP contribution < -0.4 is 10.6 Å². The molecule has 1 aliphatic rings. The van der Waals surface area contributed by atoms with E-state index in [9.17, 15) is 4.79 Å². The molecule has 0 aromatic carbocycles. The van der Waals surface area contributed by atoms with Gasteiger partial charge >= 0.3 is 0 Å². The summed E-state index contributed by atoms with van der Waals surface area (Å²) in [4.78, 5) is 16.5. The molecule has 2 heterocycles. The number of amides is 1. The maximum absolute atomic E-state index is 12.2. The lowest BCUT2D eigenvalue weighted by atomic mass is 9.86. The van der Waals surface area contributed by atoms with Crippen LogP contribution in [0.15, 0.2) is 5.38 Å². The Labute approximate surface area is 137 Å². The standard InChI is InChI=1S/C14H19N5OS2/c1-8(2)6-15-13-16-10(7-21-13)11(20)17-14-19-18-12(22-14)9-4-3-5-9/h7-9H,3-6H2,1-2H3,(H,15,16)(H,17,19,20). The van der Waals surface area contributed by atoms with Gasteiger partial charge in [-0.3, -0.25) is 10.1 Å². The summed E-state index contributed by atoms with van der Waals surface area (Å²) in [6.45, 7) is 5.10. The summed E-state index contributed by atoms with van der Waals surface area (Å²) in [5.74, 6) is 0.840. The molecule has 0 bridgehead atoms. The predicted octanol–water partition coefficient (Wildman–Crippen LogP) is 3.58. The number of thiazole rings is 1. The molecule has 118 valence electrons. The van der Waals surface area contributed by atoms with Gasteiger partial charge in [0.2, 0.25) is 5.13 Å². The molecule has 0 saturated heterocycles. The smallest absolute Gasteiger partial charge is 0.277 e. The molecule has 0 atom stereocenters. The van der Waals surface area contributed by atoms with Crippen molar-refractivity contribution in [1.82, 2.24) is 15.2 Å². The molecule has 2 aromatic heterocycles. The van der Waals surface area contributed by atoms with Crippen molar-refractivity contribution in [2.24, 2.45) is 5.92 Å². The number of anilines is 2. The number of carbonyl (C=O) groups excluding carboxylic acids is 1. The van der Waals surface area contributed by atoms with Crippen LogP contribution in [0.4, 0.5) is 10.3 Å². The first-order valence-corrected chi connectivity index (χ1v) is 9.15. The van der Waals surface area contributed by atoms with E-state index in [1.807, 2.05) is 0 Å². The SMILES string of the molecule is CC(C)CNc1nc(C(=O)Nc2nnc(C3CCC3)s2)cs1. The van der Waals surface area contributed by atoms with Crippen LogP contribution in [-0.2, 0) is 0 Å². The van der Waals surface area contributed by atoms with Gasteiger partial charge in [-0.15, -0.1) is 21.5 Å². The van der Waals surface area contributed by atoms with Gasteiger partial charge in [-0.2, -0.15) is 0 Å². The molecule has 1 aliphatic carbocycles. The molecule has 0 spiro atoms. The molecule has 0 radical (unpaired) electrons. The van der Waals surface area contributed by atoms with Crippen molar-refractivity contribution < 1.29 is 4.79 Å². The third-order valence-electron chi connectivity index (χ3n) is 3.51. The largest absolute Gasteiger partial charge is 0.361 e. The van der Waals surface area contributed by atoms with E-state index in [0.717, 1.165) is 16.7 Å². The van der Waals surface area contributed by atoms with Crippen molar-refractivity contribution in [2.75, 3.05) is 17.2 Å². The molecule has 2 aromatic rings. The second kappa shape index (κ2) is 6.70. The highest BCUT2D eigenvalue weighted by atomic mass is 32.1. The maximum atomic E-state index is 12.2. The van der Waals surface area contributed by atoms with Gasteiger partial charge in [0.1, 0.15) is 10.7 Å². The topological polar surface area (TPSA) is 79.8 Å². The van der Waals surface area contributed by atoms with Crippen molar-refractivity contribution >= 4 is 38.8 Å². The first-order chi connectivity index (χ1) is 10.6. The lowest BCUT2D eigenvalue weighted by Crippen LogP contribution is -2.13. The minimum atomic E-state index is -0.231. The van der Waals surface area contributed by atoms with Crippen LogP contribution in [0.3, 0.4) is 0 Å². The molecule has 3 rings (SSSR count). The summed E-state index contributed by atoms with van der Waals surface area (Å²) in [6.07, 6.45) is 3.62. The summed E-state index contributed by atoms with van der Waals surface area (Å²) >= 11 is 2.90. The molecular weight excluding hydrogens is 318 g/mol. The van der Waals surface area contributed by atoms with Crippen LogP contribution in [0.1, 0.15) is 54.5 Å². The molecule has 1 fully saturated rings. The molecule has 0 aliphatic heterocycles. The van der Waals surface area contributed by atoms with E-state index in [-0.39, 0.29) is 5.91 Å². The van der Waals surface area contributed by atoms with Gasteiger partial charge < -0.3 is 5.32 Å². The minimum absolute atomic E-state index is 0.231. The number of hydrogen-bond acceptors (Lipinski definition) is 7. The zero-order valence-corrected chi connectivity index (χ0v) is 14.3. The van der Waals surface area contributed by atoms with Gasteiger partial charge in [0.25, 0.3) is 5.91 Å². The molecule has 0 unspecified atom stereocenters. The first-order valence-electron chi connectivity index (χ1n) is 7.46. The van der Waals surface area contributed by atoms with Gasteiger partial charge in [0.15, 0.2) is 5.13 Å². The number of carbonyl (C=O) groups is 1. The normalized spacial score (nSPS) is 14.9. The highest BCUT2D eigenvalue weighted by Crippen LogP contribution is 2.38. The Morgan fingerprint density at radius 2 is 2.18 bits per heavy atom. The summed E-state index contributed by atoms with van der Waals surface area (Å²) in [5.41, 5.74) is 0.414. The molecular formula is C14H19N5OS2. The van der Waals surface area contributed by atoms with Gasteiger partial charge in [-0.05, 0) is 18.8 Å². The molecule has 22 heavy (non-hydrogen) atoms. The van der Waals surface area contributed by atoms with Crippen LogP contribution in [0.25, 0.3) is 0 Å². The average Bonchev–Trinajstić information content (AvgIpc) is 3.04.